The summed E-state index contributed by atoms with van der Waals surface area (Å²) in [7, 11) is 1.59. The summed E-state index contributed by atoms with van der Waals surface area (Å²) in [6, 6.07) is 4.78. The topological polar surface area (TPSA) is 70.6 Å². The summed E-state index contributed by atoms with van der Waals surface area (Å²) in [6.45, 7) is 2.68. The molecule has 0 spiro atoms. The fourth-order valence-corrected chi connectivity index (χ4v) is 2.50. The lowest BCUT2D eigenvalue weighted by atomic mass is 10.0. The van der Waals surface area contributed by atoms with E-state index in [4.69, 9.17) is 4.74 Å². The fraction of sp³-hybridized carbons (Fsp3) is 0.533. The molecule has 0 aliphatic carbocycles. The predicted molar refractivity (Wildman–Crippen MR) is 76.9 cm³/mol. The zero-order chi connectivity index (χ0) is 14.5. The molecule has 0 aromatic heterocycles. The van der Waals surface area contributed by atoms with Crippen LogP contribution in [0.3, 0.4) is 0 Å². The third kappa shape index (κ3) is 3.42. The number of nitrogens with one attached hydrogen (secondary N) is 2. The van der Waals surface area contributed by atoms with Crippen molar-refractivity contribution in [1.82, 2.24) is 10.6 Å². The molecule has 1 aromatic carbocycles. The first-order valence-electron chi connectivity index (χ1n) is 7.02. The minimum Gasteiger partial charge on any atom is -0.508 e. The van der Waals surface area contributed by atoms with Crippen LogP contribution in [0.5, 0.6) is 11.5 Å². The van der Waals surface area contributed by atoms with Crippen molar-refractivity contribution in [2.45, 2.75) is 38.3 Å². The molecule has 0 radical (unpaired) electrons. The van der Waals surface area contributed by atoms with E-state index in [1.807, 2.05) is 6.92 Å². The molecule has 5 heteroatoms. The molecule has 20 heavy (non-hydrogen) atoms. The third-order valence-corrected chi connectivity index (χ3v) is 3.69. The van der Waals surface area contributed by atoms with Gasteiger partial charge in [-0.25, -0.2) is 0 Å². The molecule has 1 aliphatic rings. The second kappa shape index (κ2) is 6.61. The highest BCUT2D eigenvalue weighted by molar-refractivity contribution is 5.82. The van der Waals surface area contributed by atoms with Crippen LogP contribution in [0.15, 0.2) is 18.2 Å². The molecule has 1 heterocycles. The van der Waals surface area contributed by atoms with Crippen molar-refractivity contribution in [2.24, 2.45) is 0 Å². The molecule has 1 fully saturated rings. The number of hydrogen-bond acceptors (Lipinski definition) is 4. The van der Waals surface area contributed by atoms with E-state index < -0.39 is 0 Å². The molecule has 0 bridgehead atoms. The van der Waals surface area contributed by atoms with E-state index in [9.17, 15) is 9.90 Å². The Balaban J connectivity index is 2.10. The maximum Gasteiger partial charge on any atom is 0.237 e. The molecular formula is C15H22N2O3. The van der Waals surface area contributed by atoms with Crippen LogP contribution in [0.2, 0.25) is 0 Å². The third-order valence-electron chi connectivity index (χ3n) is 3.69. The lowest BCUT2D eigenvalue weighted by molar-refractivity contribution is -0.123. The van der Waals surface area contributed by atoms with Crippen molar-refractivity contribution >= 4 is 5.91 Å². The number of aromatic hydroxyl groups is 1. The zero-order valence-corrected chi connectivity index (χ0v) is 12.0. The number of hydrogen-bond donors (Lipinski definition) is 3. The van der Waals surface area contributed by atoms with Crippen molar-refractivity contribution in [1.29, 1.82) is 0 Å². The highest BCUT2D eigenvalue weighted by atomic mass is 16.5. The SMILES string of the molecule is COc1ccc(O)c(C(C)NC2CCCCNC2=O)c1. The zero-order valence-electron chi connectivity index (χ0n) is 12.0. The van der Waals surface area contributed by atoms with Gasteiger partial charge in [-0.05, 0) is 44.4 Å². The normalized spacial score (nSPS) is 20.9. The minimum absolute atomic E-state index is 0.0386. The molecule has 110 valence electrons. The van der Waals surface area contributed by atoms with Crippen LogP contribution in [0, 0.1) is 0 Å². The smallest absolute Gasteiger partial charge is 0.237 e. The van der Waals surface area contributed by atoms with Gasteiger partial charge in [-0.3, -0.25) is 10.1 Å². The Kier molecular flexibility index (Phi) is 4.84. The fourth-order valence-electron chi connectivity index (χ4n) is 2.50. The largest absolute Gasteiger partial charge is 0.508 e. The summed E-state index contributed by atoms with van der Waals surface area (Å²) in [5, 5.41) is 16.1. The molecule has 3 N–H and O–H groups in total. The van der Waals surface area contributed by atoms with Crippen LogP contribution < -0.4 is 15.4 Å². The van der Waals surface area contributed by atoms with Gasteiger partial charge in [0.1, 0.15) is 11.5 Å². The molecule has 5 nitrogen and oxygen atoms in total. The number of carbonyl (C=O) groups is 1. The van der Waals surface area contributed by atoms with Gasteiger partial charge in [0.15, 0.2) is 0 Å². The highest BCUT2D eigenvalue weighted by Gasteiger charge is 2.23. The average molecular weight is 278 g/mol. The van der Waals surface area contributed by atoms with Crippen molar-refractivity contribution < 1.29 is 14.6 Å². The van der Waals surface area contributed by atoms with E-state index in [1.165, 1.54) is 0 Å². The number of rotatable bonds is 4. The monoisotopic (exact) mass is 278 g/mol. The Morgan fingerprint density at radius 2 is 2.25 bits per heavy atom. The first-order chi connectivity index (χ1) is 9.61. The Labute approximate surface area is 119 Å². The lowest BCUT2D eigenvalue weighted by Gasteiger charge is -2.22. The van der Waals surface area contributed by atoms with E-state index >= 15 is 0 Å². The standard InChI is InChI=1S/C15H22N2O3/c1-10(12-9-11(20-2)6-7-14(12)18)17-13-5-3-4-8-16-15(13)19/h6-7,9-10,13,17-18H,3-5,8H2,1-2H3,(H,16,19). The van der Waals surface area contributed by atoms with Crippen molar-refractivity contribution in [3.63, 3.8) is 0 Å². The summed E-state index contributed by atoms with van der Waals surface area (Å²) in [6.07, 6.45) is 2.86. The number of carbonyl (C=O) groups excluding carboxylic acids is 1. The number of phenols is 1. The molecule has 1 aromatic rings. The maximum absolute atomic E-state index is 11.9. The van der Waals surface area contributed by atoms with Crippen molar-refractivity contribution in [3.8, 4) is 11.5 Å². The maximum atomic E-state index is 11.9. The van der Waals surface area contributed by atoms with E-state index in [0.29, 0.717) is 5.75 Å². The van der Waals surface area contributed by atoms with Gasteiger partial charge < -0.3 is 15.2 Å². The number of amides is 1. The molecule has 2 unspecified atom stereocenters. The van der Waals surface area contributed by atoms with Crippen LogP contribution in [0.4, 0.5) is 0 Å². The summed E-state index contributed by atoms with van der Waals surface area (Å²) in [5.74, 6) is 0.938. The summed E-state index contributed by atoms with van der Waals surface area (Å²) < 4.78 is 5.17. The average Bonchev–Trinajstić information content (AvgIpc) is 2.64. The van der Waals surface area contributed by atoms with Gasteiger partial charge in [-0.1, -0.05) is 0 Å². The van der Waals surface area contributed by atoms with E-state index in [0.717, 1.165) is 31.4 Å². The number of ether oxygens (including phenoxy) is 1. The number of methoxy groups -OCH3 is 1. The summed E-state index contributed by atoms with van der Waals surface area (Å²) in [5.41, 5.74) is 0.737. The van der Waals surface area contributed by atoms with Gasteiger partial charge in [0.2, 0.25) is 5.91 Å². The number of phenolic OH excluding ortho intramolecular Hbond substituents is 1. The Morgan fingerprint density at radius 3 is 3.00 bits per heavy atom. The molecule has 1 aliphatic heterocycles. The molecule has 0 saturated carbocycles. The minimum atomic E-state index is -0.210. The highest BCUT2D eigenvalue weighted by Crippen LogP contribution is 2.28. The van der Waals surface area contributed by atoms with Crippen molar-refractivity contribution in [2.75, 3.05) is 13.7 Å². The Bertz CT molecular complexity index is 476. The van der Waals surface area contributed by atoms with Gasteiger partial charge >= 0.3 is 0 Å². The van der Waals surface area contributed by atoms with Gasteiger partial charge in [0.25, 0.3) is 0 Å². The van der Waals surface area contributed by atoms with Gasteiger partial charge in [0.05, 0.1) is 13.2 Å². The summed E-state index contributed by atoms with van der Waals surface area (Å²) in [4.78, 5) is 11.9. The first kappa shape index (κ1) is 14.7. The molecular weight excluding hydrogens is 256 g/mol. The van der Waals surface area contributed by atoms with Crippen molar-refractivity contribution in [3.05, 3.63) is 23.8 Å². The van der Waals surface area contributed by atoms with Gasteiger partial charge in [-0.15, -0.1) is 0 Å². The molecule has 1 saturated heterocycles. The van der Waals surface area contributed by atoms with Crippen LogP contribution in [0.1, 0.15) is 37.8 Å². The van der Waals surface area contributed by atoms with Crippen LogP contribution in [0.25, 0.3) is 0 Å². The van der Waals surface area contributed by atoms with Gasteiger partial charge in [0, 0.05) is 18.2 Å². The van der Waals surface area contributed by atoms with Crippen LogP contribution >= 0.6 is 0 Å². The van der Waals surface area contributed by atoms with E-state index in [-0.39, 0.29) is 23.7 Å². The lowest BCUT2D eigenvalue weighted by Crippen LogP contribution is -2.43. The predicted octanol–water partition coefficient (Wildman–Crippen LogP) is 1.72. The van der Waals surface area contributed by atoms with Crippen LogP contribution in [-0.2, 0) is 4.79 Å². The molecule has 2 rings (SSSR count). The van der Waals surface area contributed by atoms with Gasteiger partial charge in [-0.2, -0.15) is 0 Å². The first-order valence-corrected chi connectivity index (χ1v) is 7.02. The quantitative estimate of drug-likeness (QED) is 0.784. The Hall–Kier alpha value is -1.75. The molecule has 2 atom stereocenters. The second-order valence-corrected chi connectivity index (χ2v) is 5.15. The van der Waals surface area contributed by atoms with Crippen LogP contribution in [-0.4, -0.2) is 30.7 Å². The van der Waals surface area contributed by atoms with E-state index in [2.05, 4.69) is 10.6 Å². The summed E-state index contributed by atoms with van der Waals surface area (Å²) >= 11 is 0. The molecule has 1 amide bonds. The number of benzene rings is 1. The Morgan fingerprint density at radius 1 is 1.45 bits per heavy atom. The second-order valence-electron chi connectivity index (χ2n) is 5.15. The van der Waals surface area contributed by atoms with E-state index in [1.54, 1.807) is 25.3 Å².